The van der Waals surface area contributed by atoms with Gasteiger partial charge in [-0.25, -0.2) is 4.31 Å². The van der Waals surface area contributed by atoms with Crippen LogP contribution in [0.25, 0.3) is 11.1 Å². The zero-order valence-electron chi connectivity index (χ0n) is 21.1. The molecule has 1 saturated heterocycles. The van der Waals surface area contributed by atoms with Crippen molar-refractivity contribution in [3.05, 3.63) is 126 Å². The van der Waals surface area contributed by atoms with Crippen LogP contribution in [0.1, 0.15) is 16.7 Å². The lowest BCUT2D eigenvalue weighted by molar-refractivity contribution is -0.191. The lowest BCUT2D eigenvalue weighted by Gasteiger charge is -2.41. The molecule has 0 aliphatic carbocycles. The van der Waals surface area contributed by atoms with Crippen LogP contribution in [-0.4, -0.2) is 41.0 Å². The number of carbonyl (C=O) groups excluding carboxylic acids is 2. The summed E-state index contributed by atoms with van der Waals surface area (Å²) in [6.07, 6.45) is 1.32. The van der Waals surface area contributed by atoms with Crippen LogP contribution in [-0.2, 0) is 22.6 Å². The van der Waals surface area contributed by atoms with Crippen LogP contribution in [0.3, 0.4) is 0 Å². The van der Waals surface area contributed by atoms with Crippen LogP contribution in [0.5, 0.6) is 0 Å². The summed E-state index contributed by atoms with van der Waals surface area (Å²) in [5.41, 5.74) is 6.75. The Bertz CT molecular complexity index is 1270. The molecule has 188 valence electrons. The summed E-state index contributed by atoms with van der Waals surface area (Å²) in [5.74, 6) is 0. The van der Waals surface area contributed by atoms with Gasteiger partial charge in [-0.15, -0.1) is 0 Å². The van der Waals surface area contributed by atoms with Crippen molar-refractivity contribution in [1.29, 1.82) is 0 Å². The van der Waals surface area contributed by atoms with Crippen LogP contribution in [0.4, 0.5) is 0 Å². The van der Waals surface area contributed by atoms with E-state index >= 15 is 0 Å². The third-order valence-corrected chi connectivity index (χ3v) is 7.81. The van der Waals surface area contributed by atoms with Crippen molar-refractivity contribution in [3.8, 4) is 11.1 Å². The molecule has 1 unspecified atom stereocenters. The largest absolute Gasteiger partial charge is 0.373 e. The molecular formula is C32H32N2O2S. The molecule has 0 amide bonds. The molecule has 1 atom stereocenters. The normalized spacial score (nSPS) is 15.9. The lowest BCUT2D eigenvalue weighted by Crippen LogP contribution is -2.50. The van der Waals surface area contributed by atoms with Gasteiger partial charge in [0.2, 0.25) is 0 Å². The summed E-state index contributed by atoms with van der Waals surface area (Å²) in [5, 5.41) is 0. The molecule has 1 fully saturated rings. The molecule has 0 bridgehead atoms. The molecule has 4 nitrogen and oxygen atoms in total. The summed E-state index contributed by atoms with van der Waals surface area (Å²) < 4.78 is 2.60. The minimum Gasteiger partial charge on any atom is -0.296 e. The number of rotatable bonds is 7. The molecule has 0 radical (unpaired) electrons. The van der Waals surface area contributed by atoms with Gasteiger partial charge in [0.25, 0.3) is 0 Å². The Kier molecular flexibility index (Phi) is 9.87. The van der Waals surface area contributed by atoms with Crippen LogP contribution in [0.15, 0.2) is 114 Å². The van der Waals surface area contributed by atoms with Crippen LogP contribution < -0.4 is 0 Å². The zero-order chi connectivity index (χ0) is 25.9. The van der Waals surface area contributed by atoms with Gasteiger partial charge in [-0.2, -0.15) is 9.59 Å². The highest BCUT2D eigenvalue weighted by molar-refractivity contribution is 7.97. The van der Waals surface area contributed by atoms with Gasteiger partial charge >= 0.3 is 6.15 Å². The summed E-state index contributed by atoms with van der Waals surface area (Å²) in [6.45, 7) is 6.42. The van der Waals surface area contributed by atoms with E-state index < -0.39 is 0 Å². The summed E-state index contributed by atoms with van der Waals surface area (Å²) >= 11 is 1.91. The fourth-order valence-electron chi connectivity index (χ4n) is 4.78. The number of piperazine rings is 1. The molecule has 0 N–H and O–H groups in total. The van der Waals surface area contributed by atoms with Gasteiger partial charge in [0.1, 0.15) is 0 Å². The Labute approximate surface area is 224 Å². The smallest absolute Gasteiger partial charge is 0.296 e. The third kappa shape index (κ3) is 7.75. The fraction of sp³-hybridized carbons (Fsp3) is 0.219. The van der Waals surface area contributed by atoms with E-state index in [0.717, 1.165) is 32.6 Å². The van der Waals surface area contributed by atoms with Crippen molar-refractivity contribution >= 4 is 18.1 Å². The first-order chi connectivity index (χ1) is 18.2. The van der Waals surface area contributed by atoms with E-state index in [1.54, 1.807) is 0 Å². The maximum Gasteiger partial charge on any atom is 0.373 e. The zero-order valence-corrected chi connectivity index (χ0v) is 21.9. The maximum atomic E-state index is 8.12. The quantitative estimate of drug-likeness (QED) is 0.266. The maximum absolute atomic E-state index is 8.12. The third-order valence-electron chi connectivity index (χ3n) is 6.61. The van der Waals surface area contributed by atoms with E-state index in [-0.39, 0.29) is 6.15 Å². The standard InChI is InChI=1S/C31H32N2S.CO2/c1-25-10-8-9-15-31(25)28-18-16-27(17-19-28)23-32-20-21-33(34-30-13-6-3-7-14-30)29(24-32)22-26-11-4-2-5-12-26;2-1-3/h2-19,29H,20-24H2,1H3;. The predicted octanol–water partition coefficient (Wildman–Crippen LogP) is 6.51. The Morgan fingerprint density at radius 3 is 2.05 bits per heavy atom. The Morgan fingerprint density at radius 1 is 0.757 bits per heavy atom. The molecule has 0 aromatic heterocycles. The predicted molar refractivity (Wildman–Crippen MR) is 150 cm³/mol. The SMILES string of the molecule is Cc1ccccc1-c1ccc(CN2CCN(Sc3ccccc3)C(Cc3ccccc3)C2)cc1.O=C=O. The van der Waals surface area contributed by atoms with Gasteiger partial charge in [-0.3, -0.25) is 4.90 Å². The van der Waals surface area contributed by atoms with Gasteiger partial charge in [-0.1, -0.05) is 97.1 Å². The Hall–Kier alpha value is -3.47. The minimum atomic E-state index is 0.250. The lowest BCUT2D eigenvalue weighted by atomic mass is 9.99. The Balaban J connectivity index is 0.00000102. The van der Waals surface area contributed by atoms with Crippen molar-refractivity contribution in [1.82, 2.24) is 9.21 Å². The molecule has 1 aliphatic heterocycles. The number of hydrogen-bond acceptors (Lipinski definition) is 5. The topological polar surface area (TPSA) is 40.6 Å². The van der Waals surface area contributed by atoms with Gasteiger partial charge < -0.3 is 0 Å². The summed E-state index contributed by atoms with van der Waals surface area (Å²) in [4.78, 5) is 20.2. The molecule has 4 aromatic rings. The molecule has 1 aliphatic rings. The second kappa shape index (κ2) is 13.7. The van der Waals surface area contributed by atoms with Gasteiger partial charge in [0, 0.05) is 37.1 Å². The van der Waals surface area contributed by atoms with E-state index in [2.05, 4.69) is 125 Å². The van der Waals surface area contributed by atoms with E-state index in [0.29, 0.717) is 6.04 Å². The highest BCUT2D eigenvalue weighted by Crippen LogP contribution is 2.29. The average Bonchev–Trinajstić information content (AvgIpc) is 2.93. The van der Waals surface area contributed by atoms with Gasteiger partial charge in [0.15, 0.2) is 0 Å². The van der Waals surface area contributed by atoms with Crippen molar-refractivity contribution in [3.63, 3.8) is 0 Å². The van der Waals surface area contributed by atoms with Crippen LogP contribution >= 0.6 is 11.9 Å². The van der Waals surface area contributed by atoms with Crippen molar-refractivity contribution in [2.45, 2.75) is 30.8 Å². The molecule has 1 heterocycles. The number of benzene rings is 4. The molecule has 5 heteroatoms. The molecule has 5 rings (SSSR count). The highest BCUT2D eigenvalue weighted by atomic mass is 32.2. The summed E-state index contributed by atoms with van der Waals surface area (Å²) in [6, 6.07) is 40.0. The van der Waals surface area contributed by atoms with Crippen molar-refractivity contribution in [2.75, 3.05) is 19.6 Å². The Morgan fingerprint density at radius 2 is 1.38 bits per heavy atom. The fourth-order valence-corrected chi connectivity index (χ4v) is 5.79. The second-order valence-electron chi connectivity index (χ2n) is 9.22. The first-order valence-electron chi connectivity index (χ1n) is 12.6. The number of aryl methyl sites for hydroxylation is 1. The average molecular weight is 509 g/mol. The summed E-state index contributed by atoms with van der Waals surface area (Å²) in [7, 11) is 0. The highest BCUT2D eigenvalue weighted by Gasteiger charge is 2.28. The van der Waals surface area contributed by atoms with Crippen molar-refractivity contribution in [2.24, 2.45) is 0 Å². The number of nitrogens with zero attached hydrogens (tertiary/aromatic N) is 2. The molecule has 0 saturated carbocycles. The first-order valence-corrected chi connectivity index (χ1v) is 13.3. The molecule has 0 spiro atoms. The van der Waals surface area contributed by atoms with E-state index in [4.69, 9.17) is 9.59 Å². The number of hydrogen-bond donors (Lipinski definition) is 0. The first kappa shape index (κ1) is 26.6. The van der Waals surface area contributed by atoms with Crippen LogP contribution in [0, 0.1) is 6.92 Å². The van der Waals surface area contributed by atoms with Gasteiger partial charge in [-0.05, 0) is 65.2 Å². The monoisotopic (exact) mass is 508 g/mol. The van der Waals surface area contributed by atoms with Crippen LogP contribution in [0.2, 0.25) is 0 Å². The van der Waals surface area contributed by atoms with E-state index in [9.17, 15) is 0 Å². The van der Waals surface area contributed by atoms with Gasteiger partial charge in [0.05, 0.1) is 0 Å². The van der Waals surface area contributed by atoms with Crippen molar-refractivity contribution < 1.29 is 9.59 Å². The molecular weight excluding hydrogens is 476 g/mol. The molecule has 37 heavy (non-hydrogen) atoms. The van der Waals surface area contributed by atoms with E-state index in [1.807, 2.05) is 11.9 Å². The second-order valence-corrected chi connectivity index (χ2v) is 10.3. The van der Waals surface area contributed by atoms with E-state index in [1.165, 1.54) is 32.7 Å². The minimum absolute atomic E-state index is 0.250. The molecule has 4 aromatic carbocycles.